The quantitative estimate of drug-likeness (QED) is 0.256. The Morgan fingerprint density at radius 3 is 2.63 bits per heavy atom. The van der Waals surface area contributed by atoms with Crippen LogP contribution in [0.3, 0.4) is 0 Å². The molecule has 0 aliphatic rings. The molecule has 2 N–H and O–H groups in total. The summed E-state index contributed by atoms with van der Waals surface area (Å²) in [4.78, 5) is 29.6. The molecule has 0 unspecified atom stereocenters. The lowest BCUT2D eigenvalue weighted by molar-refractivity contribution is 0.0486. The van der Waals surface area contributed by atoms with Crippen LogP contribution in [0.5, 0.6) is 5.75 Å². The van der Waals surface area contributed by atoms with Gasteiger partial charge in [-0.2, -0.15) is 0 Å². The van der Waals surface area contributed by atoms with Crippen molar-refractivity contribution >= 4 is 22.7 Å². The van der Waals surface area contributed by atoms with Crippen molar-refractivity contribution < 1.29 is 14.3 Å². The van der Waals surface area contributed by atoms with Crippen molar-refractivity contribution in [1.29, 1.82) is 0 Å². The van der Waals surface area contributed by atoms with E-state index in [9.17, 15) is 9.59 Å². The second kappa shape index (κ2) is 11.3. The summed E-state index contributed by atoms with van der Waals surface area (Å²) in [6.45, 7) is 3.29. The molecule has 7 heteroatoms. The standard InChI is InChI=1S/C28H29N3O4/c1-2-3-16-31-26-23(14-8-15-30-26)24(25(29)27(31)32)21-12-7-13-22(19-21)34-17-9-18-35-28(33)20-10-5-4-6-11-20/h4-8,10-15,19H,2-3,9,16-18,29H2,1H3. The third kappa shape index (κ3) is 5.51. The topological polar surface area (TPSA) is 96.4 Å². The Morgan fingerprint density at radius 2 is 1.83 bits per heavy atom. The molecule has 0 radical (unpaired) electrons. The summed E-state index contributed by atoms with van der Waals surface area (Å²) in [7, 11) is 0. The summed E-state index contributed by atoms with van der Waals surface area (Å²) in [5.74, 6) is 0.292. The number of carbonyl (C=O) groups excluding carboxylic acids is 1. The number of unbranched alkanes of at least 4 members (excludes halogenated alkanes) is 1. The van der Waals surface area contributed by atoms with Gasteiger partial charge in [-0.25, -0.2) is 9.78 Å². The molecule has 0 saturated heterocycles. The van der Waals surface area contributed by atoms with Crippen molar-refractivity contribution in [1.82, 2.24) is 9.55 Å². The molecule has 0 fully saturated rings. The molecule has 2 aromatic carbocycles. The van der Waals surface area contributed by atoms with Crippen LogP contribution in [-0.4, -0.2) is 28.7 Å². The minimum absolute atomic E-state index is 0.201. The maximum Gasteiger partial charge on any atom is 0.338 e. The molecule has 4 aromatic rings. The number of ether oxygens (including phenoxy) is 2. The lowest BCUT2D eigenvalue weighted by atomic mass is 10.0. The third-order valence-electron chi connectivity index (χ3n) is 5.71. The van der Waals surface area contributed by atoms with E-state index < -0.39 is 0 Å². The van der Waals surface area contributed by atoms with Gasteiger partial charge in [0.25, 0.3) is 5.56 Å². The number of nitrogens with zero attached hydrogens (tertiary/aromatic N) is 2. The zero-order valence-electron chi connectivity index (χ0n) is 19.8. The first kappa shape index (κ1) is 24.0. The summed E-state index contributed by atoms with van der Waals surface area (Å²) >= 11 is 0. The first-order valence-corrected chi connectivity index (χ1v) is 11.8. The molecule has 0 aliphatic carbocycles. The second-order valence-electron chi connectivity index (χ2n) is 8.21. The summed E-state index contributed by atoms with van der Waals surface area (Å²) < 4.78 is 12.8. The van der Waals surface area contributed by atoms with Crippen molar-refractivity contribution in [2.75, 3.05) is 18.9 Å². The van der Waals surface area contributed by atoms with Crippen LogP contribution < -0.4 is 16.0 Å². The smallest absolute Gasteiger partial charge is 0.338 e. The molecule has 2 heterocycles. The first-order chi connectivity index (χ1) is 17.1. The molecule has 0 atom stereocenters. The van der Waals surface area contributed by atoms with Crippen molar-refractivity contribution in [3.63, 3.8) is 0 Å². The van der Waals surface area contributed by atoms with Crippen LogP contribution in [0.2, 0.25) is 0 Å². The van der Waals surface area contributed by atoms with E-state index in [1.165, 1.54) is 0 Å². The Kier molecular flexibility index (Phi) is 7.77. The van der Waals surface area contributed by atoms with Gasteiger partial charge in [0, 0.05) is 30.1 Å². The predicted octanol–water partition coefficient (Wildman–Crippen LogP) is 5.07. The molecule has 0 aliphatic heterocycles. The summed E-state index contributed by atoms with van der Waals surface area (Å²) in [6.07, 6.45) is 4.07. The van der Waals surface area contributed by atoms with Crippen LogP contribution in [0, 0.1) is 0 Å². The largest absolute Gasteiger partial charge is 0.493 e. The van der Waals surface area contributed by atoms with Crippen molar-refractivity contribution in [3.8, 4) is 16.9 Å². The van der Waals surface area contributed by atoms with Gasteiger partial charge in [0.15, 0.2) is 0 Å². The van der Waals surface area contributed by atoms with Gasteiger partial charge in [0.2, 0.25) is 0 Å². The molecule has 180 valence electrons. The van der Waals surface area contributed by atoms with E-state index in [2.05, 4.69) is 11.9 Å². The maximum atomic E-state index is 13.1. The zero-order chi connectivity index (χ0) is 24.6. The Morgan fingerprint density at radius 1 is 1.00 bits per heavy atom. The molecule has 2 aromatic heterocycles. The number of fused-ring (bicyclic) bond motifs is 1. The number of rotatable bonds is 10. The van der Waals surface area contributed by atoms with Crippen molar-refractivity contribution in [2.24, 2.45) is 0 Å². The van der Waals surface area contributed by atoms with Crippen LogP contribution in [0.25, 0.3) is 22.2 Å². The van der Waals surface area contributed by atoms with Crippen molar-refractivity contribution in [3.05, 3.63) is 88.8 Å². The maximum absolute atomic E-state index is 13.1. The summed E-state index contributed by atoms with van der Waals surface area (Å²) in [5, 5.41) is 0.825. The van der Waals surface area contributed by atoms with Gasteiger partial charge < -0.3 is 15.2 Å². The lowest BCUT2D eigenvalue weighted by Gasteiger charge is -2.16. The fourth-order valence-electron chi connectivity index (χ4n) is 3.95. The van der Waals surface area contributed by atoms with Gasteiger partial charge in [-0.3, -0.25) is 9.36 Å². The van der Waals surface area contributed by atoms with E-state index in [0.29, 0.717) is 42.1 Å². The van der Waals surface area contributed by atoms with Gasteiger partial charge in [0.1, 0.15) is 17.1 Å². The highest BCUT2D eigenvalue weighted by molar-refractivity contribution is 5.99. The van der Waals surface area contributed by atoms with E-state index in [1.54, 1.807) is 35.0 Å². The Labute approximate surface area is 204 Å². The SMILES string of the molecule is CCCCn1c(=O)c(N)c(-c2cccc(OCCCOC(=O)c3ccccc3)c2)c2cccnc21. The van der Waals surface area contributed by atoms with Crippen molar-refractivity contribution in [2.45, 2.75) is 32.7 Å². The number of hydrogen-bond acceptors (Lipinski definition) is 6. The Bertz CT molecular complexity index is 1370. The van der Waals surface area contributed by atoms with Crippen LogP contribution in [-0.2, 0) is 11.3 Å². The van der Waals surface area contributed by atoms with Gasteiger partial charge >= 0.3 is 5.97 Å². The number of pyridine rings is 2. The zero-order valence-corrected chi connectivity index (χ0v) is 19.8. The molecule has 35 heavy (non-hydrogen) atoms. The second-order valence-corrected chi connectivity index (χ2v) is 8.21. The highest BCUT2D eigenvalue weighted by atomic mass is 16.5. The van der Waals surface area contributed by atoms with E-state index in [4.69, 9.17) is 15.2 Å². The number of esters is 1. The lowest BCUT2D eigenvalue weighted by Crippen LogP contribution is -2.25. The molecule has 0 amide bonds. The highest BCUT2D eigenvalue weighted by Crippen LogP contribution is 2.33. The van der Waals surface area contributed by atoms with Gasteiger partial charge in [-0.15, -0.1) is 0 Å². The number of nitrogens with two attached hydrogens (primary N) is 1. The van der Waals surface area contributed by atoms with Gasteiger partial charge in [-0.1, -0.05) is 43.7 Å². The summed E-state index contributed by atoms with van der Waals surface area (Å²) in [5.41, 5.74) is 8.94. The van der Waals surface area contributed by atoms with Crippen LogP contribution in [0.1, 0.15) is 36.5 Å². The Balaban J connectivity index is 1.48. The van der Waals surface area contributed by atoms with E-state index in [-0.39, 0.29) is 23.8 Å². The fraction of sp³-hybridized carbons (Fsp3) is 0.250. The first-order valence-electron chi connectivity index (χ1n) is 11.8. The van der Waals surface area contributed by atoms with Gasteiger partial charge in [0.05, 0.1) is 18.8 Å². The number of aromatic nitrogens is 2. The normalized spacial score (nSPS) is 10.9. The number of aryl methyl sites for hydroxylation is 1. The van der Waals surface area contributed by atoms with Crippen LogP contribution in [0.4, 0.5) is 5.69 Å². The number of nitrogen functional groups attached to an aromatic ring is 1. The average molecular weight is 472 g/mol. The monoisotopic (exact) mass is 471 g/mol. The minimum atomic E-state index is -0.350. The average Bonchev–Trinajstić information content (AvgIpc) is 2.89. The number of anilines is 1. The van der Waals surface area contributed by atoms with Gasteiger partial charge in [-0.05, 0) is 48.4 Å². The molecule has 0 bridgehead atoms. The van der Waals surface area contributed by atoms with E-state index in [1.807, 2.05) is 42.5 Å². The summed E-state index contributed by atoms with van der Waals surface area (Å²) in [6, 6.07) is 20.1. The Hall–Kier alpha value is -4.13. The van der Waals surface area contributed by atoms with Crippen LogP contribution >= 0.6 is 0 Å². The third-order valence-corrected chi connectivity index (χ3v) is 5.71. The molecule has 0 saturated carbocycles. The molecular weight excluding hydrogens is 442 g/mol. The molecule has 7 nitrogen and oxygen atoms in total. The van der Waals surface area contributed by atoms with Crippen LogP contribution in [0.15, 0.2) is 77.7 Å². The highest BCUT2D eigenvalue weighted by Gasteiger charge is 2.17. The van der Waals surface area contributed by atoms with E-state index in [0.717, 1.165) is 23.8 Å². The minimum Gasteiger partial charge on any atom is -0.493 e. The number of hydrogen-bond donors (Lipinski definition) is 1. The predicted molar refractivity (Wildman–Crippen MR) is 138 cm³/mol. The fourth-order valence-corrected chi connectivity index (χ4v) is 3.95. The molecule has 4 rings (SSSR count). The molecular formula is C28H29N3O4. The van der Waals surface area contributed by atoms with E-state index >= 15 is 0 Å². The number of carbonyl (C=O) groups is 1. The number of benzene rings is 2. The molecule has 0 spiro atoms.